The Hall–Kier alpha value is -1.81. The summed E-state index contributed by atoms with van der Waals surface area (Å²) in [5, 5.41) is 0.113. The Morgan fingerprint density at radius 2 is 2.05 bits per heavy atom. The molecule has 2 aromatic carbocycles. The van der Waals surface area contributed by atoms with Crippen molar-refractivity contribution >= 4 is 22.8 Å². The fourth-order valence-corrected chi connectivity index (χ4v) is 4.02. The van der Waals surface area contributed by atoms with Gasteiger partial charge in [0.25, 0.3) is 0 Å². The number of rotatable bonds is 1. The van der Waals surface area contributed by atoms with Crippen molar-refractivity contribution in [3.05, 3.63) is 65.7 Å². The van der Waals surface area contributed by atoms with Crippen LogP contribution in [0.15, 0.2) is 48.5 Å². The van der Waals surface area contributed by atoms with Crippen molar-refractivity contribution in [3.8, 4) is 0 Å². The van der Waals surface area contributed by atoms with Crippen molar-refractivity contribution in [2.24, 2.45) is 0 Å². The van der Waals surface area contributed by atoms with Crippen LogP contribution in [0.2, 0.25) is 0 Å². The average Bonchev–Trinajstić information content (AvgIpc) is 2.85. The Labute approximate surface area is 120 Å². The summed E-state index contributed by atoms with van der Waals surface area (Å²) < 4.78 is 15.8. The summed E-state index contributed by atoms with van der Waals surface area (Å²) in [7, 11) is 0. The maximum atomic E-state index is 13.5. The summed E-state index contributed by atoms with van der Waals surface area (Å²) in [6.45, 7) is 0. The van der Waals surface area contributed by atoms with Gasteiger partial charge in [-0.15, -0.1) is 11.8 Å². The standard InChI is InChI=1S/C16H13FN2S/c17-12-5-3-4-11(10-12)16-19-14-7-2-1-6-13(14)18-15(19)8-9-20-16/h1-7,10,16H,8-9H2. The number of aromatic nitrogens is 2. The molecule has 0 aliphatic carbocycles. The molecule has 0 radical (unpaired) electrons. The minimum atomic E-state index is -0.181. The highest BCUT2D eigenvalue weighted by Gasteiger charge is 2.25. The number of benzene rings is 2. The second-order valence-corrected chi connectivity index (χ2v) is 6.10. The van der Waals surface area contributed by atoms with E-state index in [2.05, 4.69) is 10.6 Å². The van der Waals surface area contributed by atoms with Gasteiger partial charge in [0.15, 0.2) is 0 Å². The Kier molecular flexibility index (Phi) is 2.77. The molecule has 1 aliphatic heterocycles. The molecule has 3 aromatic rings. The van der Waals surface area contributed by atoms with E-state index in [1.165, 1.54) is 6.07 Å². The zero-order chi connectivity index (χ0) is 13.5. The van der Waals surface area contributed by atoms with Crippen LogP contribution in [0, 0.1) is 5.82 Å². The summed E-state index contributed by atoms with van der Waals surface area (Å²) >= 11 is 1.84. The van der Waals surface area contributed by atoms with Crippen LogP contribution in [-0.4, -0.2) is 15.3 Å². The van der Waals surface area contributed by atoms with E-state index in [1.807, 2.05) is 36.0 Å². The summed E-state index contributed by atoms with van der Waals surface area (Å²) in [4.78, 5) is 4.71. The van der Waals surface area contributed by atoms with Crippen LogP contribution in [0.1, 0.15) is 16.8 Å². The number of hydrogen-bond acceptors (Lipinski definition) is 2. The van der Waals surface area contributed by atoms with Gasteiger partial charge in [0.1, 0.15) is 17.0 Å². The molecule has 1 atom stereocenters. The van der Waals surface area contributed by atoms with Gasteiger partial charge >= 0.3 is 0 Å². The Balaban J connectivity index is 1.93. The number of halogens is 1. The van der Waals surface area contributed by atoms with E-state index in [0.717, 1.165) is 34.6 Å². The normalized spacial score (nSPS) is 18.1. The van der Waals surface area contributed by atoms with Crippen LogP contribution in [0.5, 0.6) is 0 Å². The van der Waals surface area contributed by atoms with Crippen LogP contribution in [-0.2, 0) is 6.42 Å². The molecule has 100 valence electrons. The lowest BCUT2D eigenvalue weighted by molar-refractivity contribution is 0.621. The van der Waals surface area contributed by atoms with E-state index in [4.69, 9.17) is 4.98 Å². The van der Waals surface area contributed by atoms with Gasteiger partial charge in [0, 0.05) is 12.2 Å². The molecule has 2 heterocycles. The number of para-hydroxylation sites is 2. The molecule has 0 amide bonds. The van der Waals surface area contributed by atoms with E-state index >= 15 is 0 Å². The van der Waals surface area contributed by atoms with E-state index in [9.17, 15) is 4.39 Å². The third kappa shape index (κ3) is 1.83. The summed E-state index contributed by atoms with van der Waals surface area (Å²) in [6, 6.07) is 15.0. The molecule has 1 unspecified atom stereocenters. The van der Waals surface area contributed by atoms with Crippen molar-refractivity contribution in [1.29, 1.82) is 0 Å². The van der Waals surface area contributed by atoms with Crippen molar-refractivity contribution in [1.82, 2.24) is 9.55 Å². The summed E-state index contributed by atoms with van der Waals surface area (Å²) in [6.07, 6.45) is 0.963. The molecule has 2 nitrogen and oxygen atoms in total. The van der Waals surface area contributed by atoms with E-state index in [0.29, 0.717) is 0 Å². The van der Waals surface area contributed by atoms with Crippen molar-refractivity contribution < 1.29 is 4.39 Å². The number of hydrogen-bond donors (Lipinski definition) is 0. The van der Waals surface area contributed by atoms with Crippen LogP contribution >= 0.6 is 11.8 Å². The second-order valence-electron chi connectivity index (χ2n) is 4.91. The van der Waals surface area contributed by atoms with Crippen LogP contribution in [0.4, 0.5) is 4.39 Å². The predicted octanol–water partition coefficient (Wildman–Crippen LogP) is 4.01. The minimum Gasteiger partial charge on any atom is -0.311 e. The molecule has 20 heavy (non-hydrogen) atoms. The molecule has 0 spiro atoms. The fraction of sp³-hybridized carbons (Fsp3) is 0.188. The lowest BCUT2D eigenvalue weighted by Crippen LogP contribution is -2.17. The van der Waals surface area contributed by atoms with E-state index < -0.39 is 0 Å². The molecule has 0 saturated heterocycles. The van der Waals surface area contributed by atoms with Gasteiger partial charge in [0.05, 0.1) is 11.0 Å². The first-order chi connectivity index (χ1) is 9.83. The van der Waals surface area contributed by atoms with Gasteiger partial charge in [-0.1, -0.05) is 24.3 Å². The molecule has 0 fully saturated rings. The Morgan fingerprint density at radius 1 is 1.15 bits per heavy atom. The molecule has 0 N–H and O–H groups in total. The van der Waals surface area contributed by atoms with Crippen molar-refractivity contribution in [3.63, 3.8) is 0 Å². The van der Waals surface area contributed by atoms with Crippen molar-refractivity contribution in [2.45, 2.75) is 11.8 Å². The van der Waals surface area contributed by atoms with Gasteiger partial charge in [-0.25, -0.2) is 9.37 Å². The van der Waals surface area contributed by atoms with Crippen LogP contribution in [0.25, 0.3) is 11.0 Å². The Bertz CT molecular complexity index is 781. The smallest absolute Gasteiger partial charge is 0.123 e. The molecule has 0 saturated carbocycles. The van der Waals surface area contributed by atoms with Gasteiger partial charge in [-0.3, -0.25) is 0 Å². The lowest BCUT2D eigenvalue weighted by Gasteiger charge is -2.26. The molecular weight excluding hydrogens is 271 g/mol. The minimum absolute atomic E-state index is 0.113. The molecule has 1 aromatic heterocycles. The third-order valence-corrected chi connectivity index (χ3v) is 4.88. The first kappa shape index (κ1) is 12.0. The highest BCUT2D eigenvalue weighted by Crippen LogP contribution is 2.38. The molecule has 1 aliphatic rings. The average molecular weight is 284 g/mol. The Morgan fingerprint density at radius 3 is 2.95 bits per heavy atom. The van der Waals surface area contributed by atoms with E-state index in [1.54, 1.807) is 12.1 Å². The summed E-state index contributed by atoms with van der Waals surface area (Å²) in [5.41, 5.74) is 3.15. The largest absolute Gasteiger partial charge is 0.311 e. The fourth-order valence-electron chi connectivity index (χ4n) is 2.77. The van der Waals surface area contributed by atoms with E-state index in [-0.39, 0.29) is 11.2 Å². The molecule has 4 heteroatoms. The van der Waals surface area contributed by atoms with Crippen molar-refractivity contribution in [2.75, 3.05) is 5.75 Å². The highest BCUT2D eigenvalue weighted by atomic mass is 32.2. The number of nitrogens with zero attached hydrogens (tertiary/aromatic N) is 2. The van der Waals surface area contributed by atoms with Gasteiger partial charge in [-0.05, 0) is 29.8 Å². The topological polar surface area (TPSA) is 17.8 Å². The van der Waals surface area contributed by atoms with Gasteiger partial charge < -0.3 is 4.57 Å². The number of aryl methyl sites for hydroxylation is 1. The molecule has 0 bridgehead atoms. The lowest BCUT2D eigenvalue weighted by atomic mass is 10.2. The van der Waals surface area contributed by atoms with Crippen LogP contribution < -0.4 is 0 Å². The summed E-state index contributed by atoms with van der Waals surface area (Å²) in [5.74, 6) is 1.93. The van der Waals surface area contributed by atoms with Gasteiger partial charge in [0.2, 0.25) is 0 Å². The quantitative estimate of drug-likeness (QED) is 0.672. The SMILES string of the molecule is Fc1cccc(C2SCCc3nc4ccccc4n32)c1. The zero-order valence-electron chi connectivity index (χ0n) is 10.8. The monoisotopic (exact) mass is 284 g/mol. The first-order valence-electron chi connectivity index (χ1n) is 6.66. The zero-order valence-corrected chi connectivity index (χ0v) is 11.6. The maximum Gasteiger partial charge on any atom is 0.123 e. The molecule has 4 rings (SSSR count). The maximum absolute atomic E-state index is 13.5. The highest BCUT2D eigenvalue weighted by molar-refractivity contribution is 7.99. The number of imidazole rings is 1. The van der Waals surface area contributed by atoms with Gasteiger partial charge in [-0.2, -0.15) is 0 Å². The van der Waals surface area contributed by atoms with Crippen LogP contribution in [0.3, 0.4) is 0 Å². The second kappa shape index (κ2) is 4.63. The third-order valence-electron chi connectivity index (χ3n) is 3.64. The predicted molar refractivity (Wildman–Crippen MR) is 80.4 cm³/mol. The first-order valence-corrected chi connectivity index (χ1v) is 7.71. The molecular formula is C16H13FN2S. The number of fused-ring (bicyclic) bond motifs is 3. The number of thioether (sulfide) groups is 1.